The molecule has 3 aromatic heterocycles. The molecular weight excluding hydrogens is 632 g/mol. The van der Waals surface area contributed by atoms with Crippen LogP contribution in [0.25, 0.3) is 22.2 Å². The Morgan fingerprint density at radius 1 is 1.17 bits per heavy atom. The summed E-state index contributed by atoms with van der Waals surface area (Å²) in [5, 5.41) is -0.374. The van der Waals surface area contributed by atoms with Gasteiger partial charge in [0.15, 0.2) is 11.6 Å². The Labute approximate surface area is 266 Å². The average molecular weight is 663 g/mol. The third-order valence-corrected chi connectivity index (χ3v) is 8.63. The summed E-state index contributed by atoms with van der Waals surface area (Å²) in [4.78, 5) is 21.0. The van der Waals surface area contributed by atoms with Gasteiger partial charge in [0.1, 0.15) is 36.2 Å². The number of hydrogen-bond acceptors (Lipinski definition) is 11. The molecule has 46 heavy (non-hydrogen) atoms. The molecule has 244 valence electrons. The first-order chi connectivity index (χ1) is 21.9. The second-order valence-electron chi connectivity index (χ2n) is 11.2. The van der Waals surface area contributed by atoms with Gasteiger partial charge in [0.05, 0.1) is 59.1 Å². The number of nitrogens with zero attached hydrogens (tertiary/aromatic N) is 6. The summed E-state index contributed by atoms with van der Waals surface area (Å²) in [6, 6.07) is 3.80. The predicted molar refractivity (Wildman–Crippen MR) is 165 cm³/mol. The largest absolute Gasteiger partial charge is 0.489 e. The normalized spacial score (nSPS) is 17.9. The van der Waals surface area contributed by atoms with Gasteiger partial charge in [0, 0.05) is 18.3 Å². The third-order valence-electron chi connectivity index (χ3n) is 8.27. The van der Waals surface area contributed by atoms with Crippen LogP contribution in [-0.2, 0) is 10.9 Å². The lowest BCUT2D eigenvalue weighted by Crippen LogP contribution is -2.46. The van der Waals surface area contributed by atoms with E-state index < -0.39 is 39.9 Å². The maximum absolute atomic E-state index is 16.8. The van der Waals surface area contributed by atoms with Crippen LogP contribution in [0.5, 0.6) is 11.8 Å². The smallest absolute Gasteiger partial charge is 0.418 e. The molecule has 2 atom stereocenters. The van der Waals surface area contributed by atoms with Gasteiger partial charge in [0.2, 0.25) is 0 Å². The van der Waals surface area contributed by atoms with Crippen LogP contribution in [0, 0.1) is 12.7 Å². The number of morpholine rings is 1. The summed E-state index contributed by atoms with van der Waals surface area (Å²) in [7, 11) is 1.92. The lowest BCUT2D eigenvalue weighted by atomic mass is 9.98. The number of rotatable bonds is 6. The van der Waals surface area contributed by atoms with Crippen molar-refractivity contribution in [2.75, 3.05) is 62.9 Å². The fourth-order valence-electron chi connectivity index (χ4n) is 5.85. The topological polar surface area (TPSA) is 138 Å². The maximum atomic E-state index is 16.8. The molecule has 4 aromatic rings. The number of alkyl halides is 3. The first kappa shape index (κ1) is 31.8. The molecule has 0 radical (unpaired) electrons. The summed E-state index contributed by atoms with van der Waals surface area (Å²) in [5.41, 5.74) is 9.50. The van der Waals surface area contributed by atoms with E-state index in [2.05, 4.69) is 24.8 Å². The number of aromatic nitrogens is 4. The second-order valence-corrected chi connectivity index (χ2v) is 11.6. The first-order valence-electron chi connectivity index (χ1n) is 14.4. The van der Waals surface area contributed by atoms with Crippen molar-refractivity contribution in [2.24, 2.45) is 0 Å². The van der Waals surface area contributed by atoms with Crippen LogP contribution in [-0.4, -0.2) is 77.4 Å². The van der Waals surface area contributed by atoms with E-state index in [1.165, 1.54) is 6.92 Å². The zero-order valence-corrected chi connectivity index (χ0v) is 25.9. The van der Waals surface area contributed by atoms with Crippen LogP contribution in [0.15, 0.2) is 24.4 Å². The summed E-state index contributed by atoms with van der Waals surface area (Å²) in [6.45, 7) is 5.05. The number of likely N-dealkylation sites (N-methyl/N-ethyl adjacent to an activating group) is 1. The summed E-state index contributed by atoms with van der Waals surface area (Å²) in [5.74, 6) is -1.04. The van der Waals surface area contributed by atoms with Crippen LogP contribution in [0.1, 0.15) is 29.7 Å². The van der Waals surface area contributed by atoms with Gasteiger partial charge in [0.25, 0.3) is 0 Å². The molecule has 0 spiro atoms. The minimum absolute atomic E-state index is 0.0106. The number of halogens is 5. The van der Waals surface area contributed by atoms with Gasteiger partial charge in [-0.15, -0.1) is 0 Å². The second kappa shape index (κ2) is 12.2. The SMILES string of the molecule is Cc1cc(N)nc(-c2c(Cl)c3c4c(nc(OC[C@H]5COCCN5C)nc4c2F)N([C@H](C)c2cccnc2N)CCO3)c1C(F)(F)F. The van der Waals surface area contributed by atoms with Gasteiger partial charge >= 0.3 is 12.2 Å². The molecule has 2 aliphatic heterocycles. The highest BCUT2D eigenvalue weighted by molar-refractivity contribution is 6.36. The Kier molecular flexibility index (Phi) is 8.42. The highest BCUT2D eigenvalue weighted by Gasteiger charge is 2.40. The van der Waals surface area contributed by atoms with Crippen molar-refractivity contribution in [3.8, 4) is 23.0 Å². The molecule has 0 aliphatic carbocycles. The summed E-state index contributed by atoms with van der Waals surface area (Å²) in [6.07, 6.45) is -3.35. The van der Waals surface area contributed by atoms with E-state index >= 15 is 4.39 Å². The van der Waals surface area contributed by atoms with Gasteiger partial charge in [-0.05, 0) is 38.6 Å². The molecule has 0 saturated carbocycles. The molecule has 0 bridgehead atoms. The van der Waals surface area contributed by atoms with E-state index in [1.807, 2.05) is 18.9 Å². The molecule has 11 nitrogen and oxygen atoms in total. The van der Waals surface area contributed by atoms with E-state index in [4.69, 9.17) is 37.3 Å². The van der Waals surface area contributed by atoms with Crippen LogP contribution < -0.4 is 25.8 Å². The zero-order chi connectivity index (χ0) is 32.9. The van der Waals surface area contributed by atoms with Gasteiger partial charge in [-0.25, -0.2) is 14.4 Å². The van der Waals surface area contributed by atoms with E-state index in [9.17, 15) is 13.2 Å². The minimum Gasteiger partial charge on any atom is -0.489 e. The fourth-order valence-corrected chi connectivity index (χ4v) is 6.17. The Hall–Kier alpha value is -4.21. The van der Waals surface area contributed by atoms with Gasteiger partial charge < -0.3 is 30.6 Å². The number of aryl methyl sites for hydroxylation is 1. The molecule has 2 aliphatic rings. The van der Waals surface area contributed by atoms with E-state index in [0.29, 0.717) is 25.3 Å². The summed E-state index contributed by atoms with van der Waals surface area (Å²) >= 11 is 6.75. The Bertz CT molecular complexity index is 1810. The molecule has 5 heterocycles. The highest BCUT2D eigenvalue weighted by Crippen LogP contribution is 2.50. The van der Waals surface area contributed by atoms with Crippen LogP contribution in [0.4, 0.5) is 35.0 Å². The molecular formula is C30H31ClF4N8O3. The number of anilines is 3. The van der Waals surface area contributed by atoms with Crippen LogP contribution in [0.2, 0.25) is 5.02 Å². The number of benzene rings is 1. The van der Waals surface area contributed by atoms with E-state index in [1.54, 1.807) is 18.3 Å². The molecule has 0 amide bonds. The first-order valence-corrected chi connectivity index (χ1v) is 14.8. The lowest BCUT2D eigenvalue weighted by Gasteiger charge is -2.32. The van der Waals surface area contributed by atoms with Crippen molar-refractivity contribution in [1.29, 1.82) is 0 Å². The van der Waals surface area contributed by atoms with Crippen LogP contribution >= 0.6 is 11.6 Å². The van der Waals surface area contributed by atoms with Gasteiger partial charge in [-0.3, -0.25) is 4.90 Å². The monoisotopic (exact) mass is 662 g/mol. The number of hydrogen-bond donors (Lipinski definition) is 2. The van der Waals surface area contributed by atoms with E-state index in [0.717, 1.165) is 6.07 Å². The quantitative estimate of drug-likeness (QED) is 0.269. The summed E-state index contributed by atoms with van der Waals surface area (Å²) < 4.78 is 77.6. The van der Waals surface area contributed by atoms with Gasteiger partial charge in [-0.1, -0.05) is 17.7 Å². The molecule has 1 saturated heterocycles. The maximum Gasteiger partial charge on any atom is 0.418 e. The van der Waals surface area contributed by atoms with Gasteiger partial charge in [-0.2, -0.15) is 23.1 Å². The Balaban J connectivity index is 1.60. The number of ether oxygens (including phenoxy) is 3. The van der Waals surface area contributed by atoms with Crippen molar-refractivity contribution in [2.45, 2.75) is 32.1 Å². The molecule has 0 unspecified atom stereocenters. The lowest BCUT2D eigenvalue weighted by molar-refractivity contribution is -0.137. The zero-order valence-electron chi connectivity index (χ0n) is 25.2. The molecule has 4 N–H and O–H groups in total. The highest BCUT2D eigenvalue weighted by atomic mass is 35.5. The molecule has 1 aromatic carbocycles. The van der Waals surface area contributed by atoms with Crippen molar-refractivity contribution in [1.82, 2.24) is 24.8 Å². The number of nitrogens with two attached hydrogens (primary N) is 2. The van der Waals surface area contributed by atoms with Crippen molar-refractivity contribution in [3.63, 3.8) is 0 Å². The van der Waals surface area contributed by atoms with E-state index in [-0.39, 0.29) is 71.5 Å². The third kappa shape index (κ3) is 5.67. The molecule has 1 fully saturated rings. The minimum atomic E-state index is -4.91. The van der Waals surface area contributed by atoms with Crippen molar-refractivity contribution >= 4 is 40.0 Å². The molecule has 16 heteroatoms. The van der Waals surface area contributed by atoms with Crippen molar-refractivity contribution in [3.05, 3.63) is 51.9 Å². The van der Waals surface area contributed by atoms with Crippen molar-refractivity contribution < 1.29 is 31.8 Å². The predicted octanol–water partition coefficient (Wildman–Crippen LogP) is 5.04. The average Bonchev–Trinajstić information content (AvgIpc) is 3.18. The number of pyridine rings is 2. The molecule has 6 rings (SSSR count). The Morgan fingerprint density at radius 2 is 1.96 bits per heavy atom. The standard InChI is InChI=1S/C30H31ClF4N8O3/c1-14-11-18(36)39-24(21(14)30(33,34)35)19-22(31)26-20-25(23(19)32)40-29(46-13-16-12-44-9-7-42(16)3)41-28(20)43(8-10-45-26)15(2)17-5-4-6-38-27(17)37/h4-6,11,15-16H,7-10,12-13H2,1-3H3,(H2,36,39)(H2,37,38)/t15-,16-/m1/s1. The number of nitrogen functional groups attached to an aromatic ring is 2. The van der Waals surface area contributed by atoms with Crippen LogP contribution in [0.3, 0.4) is 0 Å². The fraction of sp³-hybridized carbons (Fsp3) is 0.400. The Morgan fingerprint density at radius 3 is 2.67 bits per heavy atom.